The number of amides is 1. The van der Waals surface area contributed by atoms with Crippen molar-refractivity contribution in [2.75, 3.05) is 13.1 Å². The van der Waals surface area contributed by atoms with Gasteiger partial charge in [0, 0.05) is 18.7 Å². The van der Waals surface area contributed by atoms with Gasteiger partial charge in [-0.05, 0) is 26.2 Å². The molecule has 2 aliphatic heterocycles. The summed E-state index contributed by atoms with van der Waals surface area (Å²) in [4.78, 5) is 20.1. The van der Waals surface area contributed by atoms with Crippen LogP contribution in [-0.4, -0.2) is 35.7 Å². The molecule has 3 rings (SSSR count). The minimum absolute atomic E-state index is 0.164. The van der Waals surface area contributed by atoms with Crippen molar-refractivity contribution in [1.82, 2.24) is 4.90 Å². The monoisotopic (exact) mass is 272 g/mol. The fraction of sp³-hybridized carbons (Fsp3) is 0.500. The Labute approximate surface area is 119 Å². The molecule has 1 aromatic carbocycles. The molecule has 1 aromatic rings. The number of carbonyl (C=O) groups excluding carboxylic acids is 1. The highest BCUT2D eigenvalue weighted by atomic mass is 16.6. The lowest BCUT2D eigenvalue weighted by Gasteiger charge is -2.30. The highest BCUT2D eigenvalue weighted by Gasteiger charge is 2.40. The summed E-state index contributed by atoms with van der Waals surface area (Å²) in [5.74, 6) is -0.104. The van der Waals surface area contributed by atoms with E-state index in [0.717, 1.165) is 37.2 Å². The molecule has 0 N–H and O–H groups in total. The summed E-state index contributed by atoms with van der Waals surface area (Å²) in [7, 11) is 0. The number of hydrogen-bond donors (Lipinski definition) is 0. The van der Waals surface area contributed by atoms with E-state index in [1.165, 1.54) is 6.42 Å². The predicted octanol–water partition coefficient (Wildman–Crippen LogP) is 2.44. The SMILES string of the molecule is C[C@@H]1ON=C(c2ccccc2)[C@H]1C(=O)N1CCCCC1. The highest BCUT2D eigenvalue weighted by Crippen LogP contribution is 2.26. The van der Waals surface area contributed by atoms with Gasteiger partial charge in [0.05, 0.1) is 0 Å². The zero-order chi connectivity index (χ0) is 13.9. The van der Waals surface area contributed by atoms with Crippen molar-refractivity contribution in [1.29, 1.82) is 0 Å². The van der Waals surface area contributed by atoms with E-state index in [0.29, 0.717) is 0 Å². The third kappa shape index (κ3) is 2.42. The molecule has 0 bridgehead atoms. The Morgan fingerprint density at radius 2 is 1.90 bits per heavy atom. The standard InChI is InChI=1S/C16H20N2O2/c1-12-14(16(19)18-10-6-3-7-11-18)15(17-20-12)13-8-4-2-5-9-13/h2,4-5,8-9,12,14H,3,6-7,10-11H2,1H3/t12-,14-/m0/s1. The molecule has 2 heterocycles. The zero-order valence-corrected chi connectivity index (χ0v) is 11.8. The first-order valence-electron chi connectivity index (χ1n) is 7.35. The fourth-order valence-corrected chi connectivity index (χ4v) is 2.95. The van der Waals surface area contributed by atoms with Crippen LogP contribution < -0.4 is 0 Å². The molecule has 106 valence electrons. The fourth-order valence-electron chi connectivity index (χ4n) is 2.95. The maximum absolute atomic E-state index is 12.8. The summed E-state index contributed by atoms with van der Waals surface area (Å²) in [6.07, 6.45) is 3.25. The molecular weight excluding hydrogens is 252 g/mol. The summed E-state index contributed by atoms with van der Waals surface area (Å²) >= 11 is 0. The van der Waals surface area contributed by atoms with Crippen LogP contribution in [0.4, 0.5) is 0 Å². The van der Waals surface area contributed by atoms with Gasteiger partial charge >= 0.3 is 0 Å². The second-order valence-electron chi connectivity index (χ2n) is 5.52. The first-order chi connectivity index (χ1) is 9.77. The third-order valence-electron chi connectivity index (χ3n) is 4.08. The molecular formula is C16H20N2O2. The number of likely N-dealkylation sites (tertiary alicyclic amines) is 1. The van der Waals surface area contributed by atoms with Gasteiger partial charge in [-0.15, -0.1) is 0 Å². The average molecular weight is 272 g/mol. The van der Waals surface area contributed by atoms with E-state index in [9.17, 15) is 4.79 Å². The van der Waals surface area contributed by atoms with Gasteiger partial charge in [-0.3, -0.25) is 4.79 Å². The van der Waals surface area contributed by atoms with Crippen LogP contribution in [0.15, 0.2) is 35.5 Å². The van der Waals surface area contributed by atoms with Gasteiger partial charge in [0.2, 0.25) is 5.91 Å². The van der Waals surface area contributed by atoms with Gasteiger partial charge in [0.15, 0.2) is 0 Å². The van der Waals surface area contributed by atoms with Gasteiger partial charge in [-0.25, -0.2) is 0 Å². The van der Waals surface area contributed by atoms with E-state index in [-0.39, 0.29) is 17.9 Å². The molecule has 0 saturated carbocycles. The molecule has 0 aliphatic carbocycles. The minimum atomic E-state index is -0.268. The van der Waals surface area contributed by atoms with Gasteiger partial charge in [-0.2, -0.15) is 0 Å². The predicted molar refractivity (Wildman–Crippen MR) is 77.4 cm³/mol. The van der Waals surface area contributed by atoms with E-state index < -0.39 is 0 Å². The third-order valence-corrected chi connectivity index (χ3v) is 4.08. The number of carbonyl (C=O) groups is 1. The van der Waals surface area contributed by atoms with E-state index in [1.54, 1.807) is 0 Å². The van der Waals surface area contributed by atoms with Crippen LogP contribution in [0.3, 0.4) is 0 Å². The lowest BCUT2D eigenvalue weighted by molar-refractivity contribution is -0.136. The lowest BCUT2D eigenvalue weighted by Crippen LogP contribution is -2.44. The van der Waals surface area contributed by atoms with Crippen LogP contribution in [-0.2, 0) is 9.63 Å². The van der Waals surface area contributed by atoms with E-state index in [2.05, 4.69) is 5.16 Å². The zero-order valence-electron chi connectivity index (χ0n) is 11.8. The Balaban J connectivity index is 1.83. The number of piperidine rings is 1. The van der Waals surface area contributed by atoms with Crippen molar-refractivity contribution in [2.45, 2.75) is 32.3 Å². The van der Waals surface area contributed by atoms with E-state index in [4.69, 9.17) is 4.84 Å². The van der Waals surface area contributed by atoms with Crippen molar-refractivity contribution >= 4 is 11.6 Å². The molecule has 1 fully saturated rings. The van der Waals surface area contributed by atoms with Crippen LogP contribution in [0.5, 0.6) is 0 Å². The average Bonchev–Trinajstić information content (AvgIpc) is 2.90. The maximum atomic E-state index is 12.8. The summed E-state index contributed by atoms with van der Waals surface area (Å²) in [6, 6.07) is 9.85. The van der Waals surface area contributed by atoms with Gasteiger partial charge in [0.1, 0.15) is 17.7 Å². The Morgan fingerprint density at radius 1 is 1.20 bits per heavy atom. The quantitative estimate of drug-likeness (QED) is 0.829. The Morgan fingerprint density at radius 3 is 2.60 bits per heavy atom. The molecule has 0 aromatic heterocycles. The van der Waals surface area contributed by atoms with Crippen LogP contribution in [0.25, 0.3) is 0 Å². The molecule has 4 nitrogen and oxygen atoms in total. The molecule has 1 saturated heterocycles. The van der Waals surface area contributed by atoms with Crippen LogP contribution in [0.2, 0.25) is 0 Å². The molecule has 4 heteroatoms. The largest absolute Gasteiger partial charge is 0.391 e. The smallest absolute Gasteiger partial charge is 0.235 e. The molecule has 0 radical (unpaired) electrons. The Kier molecular flexibility index (Phi) is 3.72. The molecule has 2 atom stereocenters. The number of rotatable bonds is 2. The highest BCUT2D eigenvalue weighted by molar-refractivity contribution is 6.14. The number of benzene rings is 1. The summed E-state index contributed by atoms with van der Waals surface area (Å²) < 4.78 is 0. The van der Waals surface area contributed by atoms with E-state index >= 15 is 0 Å². The second-order valence-corrected chi connectivity index (χ2v) is 5.52. The number of hydrogen-bond acceptors (Lipinski definition) is 3. The van der Waals surface area contributed by atoms with Gasteiger partial charge in [0.25, 0.3) is 0 Å². The topological polar surface area (TPSA) is 41.9 Å². The lowest BCUT2D eigenvalue weighted by atomic mass is 9.91. The summed E-state index contributed by atoms with van der Waals surface area (Å²) in [5, 5.41) is 4.15. The van der Waals surface area contributed by atoms with Crippen LogP contribution in [0.1, 0.15) is 31.7 Å². The Hall–Kier alpha value is -1.84. The van der Waals surface area contributed by atoms with Crippen molar-refractivity contribution in [3.05, 3.63) is 35.9 Å². The Bertz CT molecular complexity index is 506. The molecule has 0 unspecified atom stereocenters. The first kappa shape index (κ1) is 13.2. The molecule has 20 heavy (non-hydrogen) atoms. The molecule has 2 aliphatic rings. The molecule has 1 amide bonds. The maximum Gasteiger partial charge on any atom is 0.235 e. The van der Waals surface area contributed by atoms with Crippen LogP contribution in [0, 0.1) is 5.92 Å². The number of nitrogens with zero attached hydrogens (tertiary/aromatic N) is 2. The van der Waals surface area contributed by atoms with Crippen LogP contribution >= 0.6 is 0 Å². The van der Waals surface area contributed by atoms with Crippen molar-refractivity contribution in [2.24, 2.45) is 11.1 Å². The summed E-state index contributed by atoms with van der Waals surface area (Å²) in [6.45, 7) is 3.65. The number of oxime groups is 1. The van der Waals surface area contributed by atoms with Crippen molar-refractivity contribution in [3.8, 4) is 0 Å². The van der Waals surface area contributed by atoms with E-state index in [1.807, 2.05) is 42.2 Å². The normalized spacial score (nSPS) is 26.1. The first-order valence-corrected chi connectivity index (χ1v) is 7.35. The molecule has 0 spiro atoms. The van der Waals surface area contributed by atoms with Crippen molar-refractivity contribution in [3.63, 3.8) is 0 Å². The van der Waals surface area contributed by atoms with Gasteiger partial charge < -0.3 is 9.74 Å². The minimum Gasteiger partial charge on any atom is -0.391 e. The van der Waals surface area contributed by atoms with Gasteiger partial charge in [-0.1, -0.05) is 35.5 Å². The second kappa shape index (κ2) is 5.65. The summed E-state index contributed by atoms with van der Waals surface area (Å²) in [5.41, 5.74) is 1.75. The van der Waals surface area contributed by atoms with Crippen molar-refractivity contribution < 1.29 is 9.63 Å².